The summed E-state index contributed by atoms with van der Waals surface area (Å²) in [6.45, 7) is 6.44. The second-order valence-electron chi connectivity index (χ2n) is 7.54. The third-order valence-electron chi connectivity index (χ3n) is 4.40. The van der Waals surface area contributed by atoms with Gasteiger partial charge in [0.15, 0.2) is 0 Å². The van der Waals surface area contributed by atoms with Crippen molar-refractivity contribution in [2.45, 2.75) is 26.2 Å². The molecular weight excluding hydrogens is 350 g/mol. The van der Waals surface area contributed by atoms with Crippen LogP contribution >= 0.6 is 0 Å². The molecule has 0 atom stereocenters. The zero-order valence-electron chi connectivity index (χ0n) is 16.6. The van der Waals surface area contributed by atoms with Crippen LogP contribution in [0.1, 0.15) is 36.7 Å². The summed E-state index contributed by atoms with van der Waals surface area (Å²) in [5.41, 5.74) is 3.50. The smallest absolute Gasteiger partial charge is 0.256 e. The molecule has 1 amide bonds. The van der Waals surface area contributed by atoms with Gasteiger partial charge in [0.25, 0.3) is 5.91 Å². The van der Waals surface area contributed by atoms with Crippen LogP contribution < -0.4 is 15.4 Å². The summed E-state index contributed by atoms with van der Waals surface area (Å²) in [4.78, 5) is 16.8. The fourth-order valence-electron chi connectivity index (χ4n) is 2.76. The molecule has 1 aromatic heterocycles. The molecular formula is C23H25N3O2. The van der Waals surface area contributed by atoms with Gasteiger partial charge in [0.1, 0.15) is 11.6 Å². The summed E-state index contributed by atoms with van der Waals surface area (Å²) in [5, 5.41) is 6.08. The summed E-state index contributed by atoms with van der Waals surface area (Å²) in [6.07, 6.45) is 1.67. The van der Waals surface area contributed by atoms with E-state index in [2.05, 4.69) is 36.4 Å². The first-order valence-corrected chi connectivity index (χ1v) is 9.15. The van der Waals surface area contributed by atoms with Crippen molar-refractivity contribution in [3.63, 3.8) is 0 Å². The molecule has 3 aromatic rings. The molecule has 0 bridgehead atoms. The second-order valence-corrected chi connectivity index (χ2v) is 7.54. The molecule has 0 saturated carbocycles. The number of pyridine rings is 1. The molecule has 0 spiro atoms. The van der Waals surface area contributed by atoms with Gasteiger partial charge < -0.3 is 15.4 Å². The molecule has 1 heterocycles. The maximum atomic E-state index is 12.5. The van der Waals surface area contributed by atoms with Crippen LogP contribution in [0.4, 0.5) is 17.2 Å². The fourth-order valence-corrected chi connectivity index (χ4v) is 2.76. The van der Waals surface area contributed by atoms with Gasteiger partial charge in [-0.25, -0.2) is 4.98 Å². The van der Waals surface area contributed by atoms with E-state index >= 15 is 0 Å². The Morgan fingerprint density at radius 1 is 0.964 bits per heavy atom. The highest BCUT2D eigenvalue weighted by atomic mass is 16.5. The zero-order chi connectivity index (χ0) is 20.1. The van der Waals surface area contributed by atoms with Gasteiger partial charge in [0.05, 0.1) is 24.7 Å². The van der Waals surface area contributed by atoms with Crippen LogP contribution in [0.2, 0.25) is 0 Å². The Hall–Kier alpha value is -3.34. The van der Waals surface area contributed by atoms with E-state index in [4.69, 9.17) is 4.74 Å². The topological polar surface area (TPSA) is 63.2 Å². The molecule has 144 valence electrons. The lowest BCUT2D eigenvalue weighted by molar-refractivity contribution is 0.102. The fraction of sp³-hybridized carbons (Fsp3) is 0.217. The van der Waals surface area contributed by atoms with Gasteiger partial charge in [-0.1, -0.05) is 45.0 Å². The number of rotatable bonds is 5. The van der Waals surface area contributed by atoms with Gasteiger partial charge in [0, 0.05) is 5.56 Å². The number of methoxy groups -OCH3 is 1. The maximum Gasteiger partial charge on any atom is 0.256 e. The number of para-hydroxylation sites is 2. The van der Waals surface area contributed by atoms with Crippen molar-refractivity contribution in [2.75, 3.05) is 17.7 Å². The molecule has 5 nitrogen and oxygen atoms in total. The van der Waals surface area contributed by atoms with Crippen molar-refractivity contribution < 1.29 is 9.53 Å². The minimum Gasteiger partial charge on any atom is -0.495 e. The van der Waals surface area contributed by atoms with Gasteiger partial charge in [0.2, 0.25) is 0 Å². The highest BCUT2D eigenvalue weighted by Gasteiger charge is 2.14. The Kier molecular flexibility index (Phi) is 5.64. The summed E-state index contributed by atoms with van der Waals surface area (Å²) >= 11 is 0. The van der Waals surface area contributed by atoms with Crippen LogP contribution in [0.25, 0.3) is 0 Å². The number of carbonyl (C=O) groups is 1. The van der Waals surface area contributed by atoms with E-state index in [9.17, 15) is 4.79 Å². The van der Waals surface area contributed by atoms with E-state index in [0.717, 1.165) is 17.1 Å². The predicted molar refractivity (Wildman–Crippen MR) is 114 cm³/mol. The number of nitrogens with one attached hydrogen (secondary N) is 2. The van der Waals surface area contributed by atoms with Crippen LogP contribution in [-0.2, 0) is 5.41 Å². The molecule has 28 heavy (non-hydrogen) atoms. The highest BCUT2D eigenvalue weighted by Crippen LogP contribution is 2.27. The first kappa shape index (κ1) is 19.4. The number of hydrogen-bond acceptors (Lipinski definition) is 4. The molecule has 0 unspecified atom stereocenters. The number of hydrogen-bond donors (Lipinski definition) is 2. The highest BCUT2D eigenvalue weighted by molar-refractivity contribution is 6.03. The number of benzene rings is 2. The van der Waals surface area contributed by atoms with Gasteiger partial charge in [-0.3, -0.25) is 4.79 Å². The van der Waals surface area contributed by atoms with Crippen LogP contribution in [0.3, 0.4) is 0 Å². The average molecular weight is 375 g/mol. The van der Waals surface area contributed by atoms with E-state index in [-0.39, 0.29) is 11.3 Å². The SMILES string of the molecule is COc1ccccc1Nc1ccc(NC(=O)c2ccc(C(C)(C)C)cc2)nc1. The van der Waals surface area contributed by atoms with E-state index in [0.29, 0.717) is 11.4 Å². The van der Waals surface area contributed by atoms with Crippen LogP contribution in [0.5, 0.6) is 5.75 Å². The van der Waals surface area contributed by atoms with Crippen molar-refractivity contribution in [2.24, 2.45) is 0 Å². The van der Waals surface area contributed by atoms with Crippen molar-refractivity contribution in [1.29, 1.82) is 0 Å². The largest absolute Gasteiger partial charge is 0.495 e. The molecule has 0 aliphatic carbocycles. The summed E-state index contributed by atoms with van der Waals surface area (Å²) < 4.78 is 5.33. The Labute approximate surface area is 165 Å². The molecule has 0 aliphatic heterocycles. The van der Waals surface area contributed by atoms with Crippen molar-refractivity contribution in [1.82, 2.24) is 4.98 Å². The first-order chi connectivity index (χ1) is 13.4. The molecule has 3 rings (SSSR count). The second kappa shape index (κ2) is 8.13. The average Bonchev–Trinajstić information content (AvgIpc) is 2.69. The third kappa shape index (κ3) is 4.68. The van der Waals surface area contributed by atoms with Crippen LogP contribution in [0, 0.1) is 0 Å². The van der Waals surface area contributed by atoms with Gasteiger partial charge >= 0.3 is 0 Å². The third-order valence-corrected chi connectivity index (χ3v) is 4.40. The standard InChI is InChI=1S/C23H25N3O2/c1-23(2,3)17-11-9-16(10-12-17)22(27)26-21-14-13-18(15-24-21)25-19-7-5-6-8-20(19)28-4/h5-15,25H,1-4H3,(H,24,26,27). The number of nitrogens with zero attached hydrogens (tertiary/aromatic N) is 1. The summed E-state index contributed by atoms with van der Waals surface area (Å²) in [7, 11) is 1.63. The van der Waals surface area contributed by atoms with Gasteiger partial charge in [-0.15, -0.1) is 0 Å². The number of carbonyl (C=O) groups excluding carboxylic acids is 1. The minimum absolute atomic E-state index is 0.0564. The Balaban J connectivity index is 1.66. The monoisotopic (exact) mass is 375 g/mol. The normalized spacial score (nSPS) is 11.0. The Morgan fingerprint density at radius 3 is 2.29 bits per heavy atom. The molecule has 0 saturated heterocycles. The summed E-state index contributed by atoms with van der Waals surface area (Å²) in [5.74, 6) is 1.06. The van der Waals surface area contributed by atoms with Crippen molar-refractivity contribution in [3.8, 4) is 5.75 Å². The zero-order valence-corrected chi connectivity index (χ0v) is 16.6. The van der Waals surface area contributed by atoms with Crippen molar-refractivity contribution >= 4 is 23.1 Å². The lowest BCUT2D eigenvalue weighted by Crippen LogP contribution is -2.15. The number of anilines is 3. The maximum absolute atomic E-state index is 12.5. The van der Waals surface area contributed by atoms with Gasteiger partial charge in [-0.05, 0) is 47.4 Å². The Bertz CT molecular complexity index is 943. The van der Waals surface area contributed by atoms with Crippen LogP contribution in [-0.4, -0.2) is 18.0 Å². The van der Waals surface area contributed by atoms with E-state index in [1.165, 1.54) is 5.56 Å². The molecule has 5 heteroatoms. The molecule has 0 radical (unpaired) electrons. The van der Waals surface area contributed by atoms with Crippen molar-refractivity contribution in [3.05, 3.63) is 78.0 Å². The number of amides is 1. The quantitative estimate of drug-likeness (QED) is 0.628. The summed E-state index contributed by atoms with van der Waals surface area (Å²) in [6, 6.07) is 18.9. The number of aromatic nitrogens is 1. The minimum atomic E-state index is -0.182. The lowest BCUT2D eigenvalue weighted by Gasteiger charge is -2.19. The van der Waals surface area contributed by atoms with E-state index < -0.39 is 0 Å². The van der Waals surface area contributed by atoms with E-state index in [1.807, 2.05) is 54.6 Å². The first-order valence-electron chi connectivity index (χ1n) is 9.15. The van der Waals surface area contributed by atoms with Gasteiger partial charge in [-0.2, -0.15) is 0 Å². The Morgan fingerprint density at radius 2 is 1.68 bits per heavy atom. The molecule has 2 N–H and O–H groups in total. The predicted octanol–water partition coefficient (Wildman–Crippen LogP) is 5.38. The van der Waals surface area contributed by atoms with Crippen LogP contribution in [0.15, 0.2) is 66.9 Å². The molecule has 2 aromatic carbocycles. The van der Waals surface area contributed by atoms with E-state index in [1.54, 1.807) is 19.4 Å². The number of ether oxygens (including phenoxy) is 1. The molecule has 0 fully saturated rings. The molecule has 0 aliphatic rings. The lowest BCUT2D eigenvalue weighted by atomic mass is 9.87.